The van der Waals surface area contributed by atoms with Gasteiger partial charge in [0.1, 0.15) is 0 Å². The highest BCUT2D eigenvalue weighted by molar-refractivity contribution is 6.33. The highest BCUT2D eigenvalue weighted by Gasteiger charge is 2.21. The molecule has 0 heterocycles. The Morgan fingerprint density at radius 1 is 1.45 bits per heavy atom. The zero-order chi connectivity index (χ0) is 14.5. The van der Waals surface area contributed by atoms with Crippen molar-refractivity contribution in [2.24, 2.45) is 5.92 Å². The molecule has 0 saturated heterocycles. The van der Waals surface area contributed by atoms with Crippen LogP contribution in [0.5, 0.6) is 0 Å². The van der Waals surface area contributed by atoms with Crippen LogP contribution in [0.1, 0.15) is 31.4 Å². The lowest BCUT2D eigenvalue weighted by molar-refractivity contribution is 0.131. The van der Waals surface area contributed by atoms with E-state index in [0.29, 0.717) is 6.04 Å². The Morgan fingerprint density at radius 3 is 2.80 bits per heavy atom. The van der Waals surface area contributed by atoms with Gasteiger partial charge >= 0.3 is 0 Å². The zero-order valence-corrected chi connectivity index (χ0v) is 13.4. The van der Waals surface area contributed by atoms with Crippen molar-refractivity contribution in [3.8, 4) is 0 Å². The maximum Gasteiger partial charge on any atom is 0.0642 e. The van der Waals surface area contributed by atoms with Crippen LogP contribution in [0.25, 0.3) is 0 Å². The second kappa shape index (κ2) is 7.30. The summed E-state index contributed by atoms with van der Waals surface area (Å²) in [4.78, 5) is 2.16. The van der Waals surface area contributed by atoms with E-state index in [2.05, 4.69) is 36.3 Å². The van der Waals surface area contributed by atoms with Crippen LogP contribution in [-0.2, 0) is 4.74 Å². The van der Waals surface area contributed by atoms with Gasteiger partial charge in [-0.2, -0.15) is 0 Å². The molecule has 1 saturated carbocycles. The van der Waals surface area contributed by atoms with Gasteiger partial charge in [0.15, 0.2) is 0 Å². The molecular formula is C16H25ClN2O. The summed E-state index contributed by atoms with van der Waals surface area (Å²) < 4.78 is 5.67. The molecule has 0 radical (unpaired) electrons. The van der Waals surface area contributed by atoms with E-state index >= 15 is 0 Å². The van der Waals surface area contributed by atoms with Gasteiger partial charge in [-0.3, -0.25) is 0 Å². The van der Waals surface area contributed by atoms with E-state index in [9.17, 15) is 0 Å². The van der Waals surface area contributed by atoms with Crippen LogP contribution in [0, 0.1) is 5.92 Å². The van der Waals surface area contributed by atoms with Crippen molar-refractivity contribution < 1.29 is 4.74 Å². The average molecular weight is 297 g/mol. The quantitative estimate of drug-likeness (QED) is 0.743. The summed E-state index contributed by atoms with van der Waals surface area (Å²) in [6.45, 7) is 4.67. The van der Waals surface area contributed by atoms with Crippen LogP contribution in [0.4, 0.5) is 5.69 Å². The van der Waals surface area contributed by atoms with Crippen LogP contribution >= 0.6 is 11.6 Å². The number of anilines is 1. The van der Waals surface area contributed by atoms with E-state index in [1.807, 2.05) is 13.1 Å². The fourth-order valence-electron chi connectivity index (χ4n) is 2.13. The number of likely N-dealkylation sites (N-methyl/N-ethyl adjacent to an activating group) is 1. The van der Waals surface area contributed by atoms with Crippen LogP contribution in [0.15, 0.2) is 18.2 Å². The fraction of sp³-hybridized carbons (Fsp3) is 0.625. The predicted octanol–water partition coefficient (Wildman–Crippen LogP) is 3.48. The molecule has 0 aliphatic heterocycles. The molecular weight excluding hydrogens is 272 g/mol. The molecule has 20 heavy (non-hydrogen) atoms. The molecule has 1 aromatic carbocycles. The molecule has 1 unspecified atom stereocenters. The number of benzene rings is 1. The number of halogens is 1. The molecule has 3 nitrogen and oxygen atoms in total. The van der Waals surface area contributed by atoms with Crippen molar-refractivity contribution in [3.63, 3.8) is 0 Å². The molecule has 4 heteroatoms. The summed E-state index contributed by atoms with van der Waals surface area (Å²) in [5.41, 5.74) is 2.27. The molecule has 0 spiro atoms. The van der Waals surface area contributed by atoms with Crippen molar-refractivity contribution in [1.29, 1.82) is 0 Å². The Balaban J connectivity index is 1.86. The summed E-state index contributed by atoms with van der Waals surface area (Å²) >= 11 is 6.39. The van der Waals surface area contributed by atoms with Crippen molar-refractivity contribution in [1.82, 2.24) is 5.32 Å². The normalized spacial score (nSPS) is 16.2. The molecule has 1 aromatic rings. The van der Waals surface area contributed by atoms with Gasteiger partial charge in [0, 0.05) is 26.2 Å². The van der Waals surface area contributed by atoms with Crippen molar-refractivity contribution in [2.75, 3.05) is 38.8 Å². The lowest BCUT2D eigenvalue weighted by Crippen LogP contribution is -2.23. The van der Waals surface area contributed by atoms with Gasteiger partial charge in [-0.15, -0.1) is 0 Å². The lowest BCUT2D eigenvalue weighted by atomic mass is 10.1. The smallest absolute Gasteiger partial charge is 0.0642 e. The SMILES string of the molecule is CNC(C)c1ccc(N(C)CCOCC2CC2)c(Cl)c1. The van der Waals surface area contributed by atoms with E-state index in [-0.39, 0.29) is 0 Å². The first-order valence-corrected chi connectivity index (χ1v) is 7.75. The second-order valence-electron chi connectivity index (χ2n) is 5.66. The first kappa shape index (κ1) is 15.6. The average Bonchev–Trinajstić information content (AvgIpc) is 3.26. The number of ether oxygens (including phenoxy) is 1. The Hall–Kier alpha value is -0.770. The Kier molecular flexibility index (Phi) is 5.70. The van der Waals surface area contributed by atoms with Gasteiger partial charge in [-0.05, 0) is 50.4 Å². The van der Waals surface area contributed by atoms with Crippen molar-refractivity contribution >= 4 is 17.3 Å². The first-order chi connectivity index (χ1) is 9.61. The number of nitrogens with zero attached hydrogens (tertiary/aromatic N) is 1. The molecule has 1 N–H and O–H groups in total. The van der Waals surface area contributed by atoms with Crippen LogP contribution in [0.2, 0.25) is 5.02 Å². The number of nitrogens with one attached hydrogen (secondary N) is 1. The standard InChI is InChI=1S/C16H25ClN2O/c1-12(18-2)14-6-7-16(15(17)10-14)19(3)8-9-20-11-13-4-5-13/h6-7,10,12-13,18H,4-5,8-9,11H2,1-3H3. The Labute approximate surface area is 127 Å². The topological polar surface area (TPSA) is 24.5 Å². The molecule has 0 bridgehead atoms. The third-order valence-electron chi connectivity index (χ3n) is 3.94. The first-order valence-electron chi connectivity index (χ1n) is 7.37. The summed E-state index contributed by atoms with van der Waals surface area (Å²) in [6, 6.07) is 6.57. The summed E-state index contributed by atoms with van der Waals surface area (Å²) in [5, 5.41) is 4.02. The molecule has 1 atom stereocenters. The maximum absolute atomic E-state index is 6.39. The minimum Gasteiger partial charge on any atom is -0.379 e. The number of hydrogen-bond acceptors (Lipinski definition) is 3. The third kappa shape index (κ3) is 4.37. The highest BCUT2D eigenvalue weighted by Crippen LogP contribution is 2.29. The van der Waals surface area contributed by atoms with Gasteiger partial charge in [0.25, 0.3) is 0 Å². The van der Waals surface area contributed by atoms with Crippen LogP contribution in [-0.4, -0.2) is 33.9 Å². The van der Waals surface area contributed by atoms with Gasteiger partial charge in [-0.25, -0.2) is 0 Å². The molecule has 2 rings (SSSR count). The predicted molar refractivity (Wildman–Crippen MR) is 85.7 cm³/mol. The van der Waals surface area contributed by atoms with E-state index in [4.69, 9.17) is 16.3 Å². The van der Waals surface area contributed by atoms with E-state index in [1.165, 1.54) is 18.4 Å². The third-order valence-corrected chi connectivity index (χ3v) is 4.24. The van der Waals surface area contributed by atoms with E-state index in [0.717, 1.165) is 36.4 Å². The van der Waals surface area contributed by atoms with E-state index < -0.39 is 0 Å². The molecule has 0 amide bonds. The van der Waals surface area contributed by atoms with Gasteiger partial charge in [0.05, 0.1) is 17.3 Å². The molecule has 1 fully saturated rings. The number of hydrogen-bond donors (Lipinski definition) is 1. The van der Waals surface area contributed by atoms with E-state index in [1.54, 1.807) is 0 Å². The molecule has 1 aliphatic rings. The molecule has 0 aromatic heterocycles. The number of rotatable bonds is 8. The van der Waals surface area contributed by atoms with Crippen molar-refractivity contribution in [3.05, 3.63) is 28.8 Å². The van der Waals surface area contributed by atoms with Crippen LogP contribution in [0.3, 0.4) is 0 Å². The summed E-state index contributed by atoms with van der Waals surface area (Å²) in [5.74, 6) is 0.825. The fourth-order valence-corrected chi connectivity index (χ4v) is 2.46. The molecule has 1 aliphatic carbocycles. The van der Waals surface area contributed by atoms with Gasteiger partial charge in [-0.1, -0.05) is 17.7 Å². The zero-order valence-electron chi connectivity index (χ0n) is 12.7. The van der Waals surface area contributed by atoms with Crippen molar-refractivity contribution in [2.45, 2.75) is 25.8 Å². The summed E-state index contributed by atoms with van der Waals surface area (Å²) in [6.07, 6.45) is 2.68. The van der Waals surface area contributed by atoms with Crippen LogP contribution < -0.4 is 10.2 Å². The largest absolute Gasteiger partial charge is 0.379 e. The monoisotopic (exact) mass is 296 g/mol. The van der Waals surface area contributed by atoms with Gasteiger partial charge in [0.2, 0.25) is 0 Å². The second-order valence-corrected chi connectivity index (χ2v) is 6.07. The minimum absolute atomic E-state index is 0.314. The lowest BCUT2D eigenvalue weighted by Gasteiger charge is -2.22. The highest BCUT2D eigenvalue weighted by atomic mass is 35.5. The minimum atomic E-state index is 0.314. The Bertz CT molecular complexity index is 434. The van der Waals surface area contributed by atoms with Gasteiger partial charge < -0.3 is 15.0 Å². The summed E-state index contributed by atoms with van der Waals surface area (Å²) in [7, 11) is 4.01. The Morgan fingerprint density at radius 2 is 2.20 bits per heavy atom. The maximum atomic E-state index is 6.39. The molecule has 112 valence electrons.